The molecule has 0 N–H and O–H groups in total. The maximum atomic E-state index is 13.0. The Hall–Kier alpha value is -2.93. The van der Waals surface area contributed by atoms with E-state index < -0.39 is 22.6 Å². The van der Waals surface area contributed by atoms with Crippen molar-refractivity contribution in [3.63, 3.8) is 0 Å². The van der Waals surface area contributed by atoms with Crippen molar-refractivity contribution in [2.45, 2.75) is 31.9 Å². The molecule has 8 nitrogen and oxygen atoms in total. The van der Waals surface area contributed by atoms with Crippen LogP contribution in [0.4, 0.5) is 24.7 Å². The molecule has 13 heteroatoms. The third-order valence-electron chi connectivity index (χ3n) is 6.77. The maximum Gasteiger partial charge on any atom is 0.393 e. The SMILES string of the molecule is CS(=O)(=O)N(CC1CC1)c1ccc(CC(=O)N2CCN(c3ncnc4sc(CC(F)(F)F)cc34)CC2)cc1. The maximum absolute atomic E-state index is 13.0. The molecule has 204 valence electrons. The van der Waals surface area contributed by atoms with Gasteiger partial charge in [-0.2, -0.15) is 13.2 Å². The molecule has 0 bridgehead atoms. The summed E-state index contributed by atoms with van der Waals surface area (Å²) in [6, 6.07) is 8.60. The average Bonchev–Trinajstić information content (AvgIpc) is 3.58. The molecule has 1 amide bonds. The lowest BCUT2D eigenvalue weighted by molar-refractivity contribution is -0.130. The van der Waals surface area contributed by atoms with Crippen LogP contribution in [-0.4, -0.2) is 74.3 Å². The molecule has 0 radical (unpaired) electrons. The van der Waals surface area contributed by atoms with Gasteiger partial charge >= 0.3 is 6.18 Å². The van der Waals surface area contributed by atoms with Crippen LogP contribution in [0, 0.1) is 5.92 Å². The molecule has 2 aliphatic rings. The van der Waals surface area contributed by atoms with Crippen LogP contribution in [0.5, 0.6) is 0 Å². The summed E-state index contributed by atoms with van der Waals surface area (Å²) in [5.41, 5.74) is 1.40. The van der Waals surface area contributed by atoms with E-state index in [0.717, 1.165) is 29.7 Å². The predicted molar refractivity (Wildman–Crippen MR) is 141 cm³/mol. The number of alkyl halides is 3. The molecule has 0 atom stereocenters. The van der Waals surface area contributed by atoms with Gasteiger partial charge in [-0.3, -0.25) is 9.10 Å². The number of carbonyl (C=O) groups excluding carboxylic acids is 1. The number of amides is 1. The van der Waals surface area contributed by atoms with Crippen molar-refractivity contribution < 1.29 is 26.4 Å². The summed E-state index contributed by atoms with van der Waals surface area (Å²) in [6.45, 7) is 2.42. The fraction of sp³-hybridized carbons (Fsp3) is 0.480. The lowest BCUT2D eigenvalue weighted by Gasteiger charge is -2.35. The number of fused-ring (bicyclic) bond motifs is 1. The Kier molecular flexibility index (Phi) is 7.25. The molecule has 0 unspecified atom stereocenters. The van der Waals surface area contributed by atoms with Crippen LogP contribution in [-0.2, 0) is 27.7 Å². The van der Waals surface area contributed by atoms with Crippen molar-refractivity contribution in [3.8, 4) is 0 Å². The number of carbonyl (C=O) groups is 1. The van der Waals surface area contributed by atoms with Gasteiger partial charge in [-0.05, 0) is 42.5 Å². The number of sulfonamides is 1. The van der Waals surface area contributed by atoms with Crippen molar-refractivity contribution in [1.82, 2.24) is 14.9 Å². The fourth-order valence-electron chi connectivity index (χ4n) is 4.63. The Morgan fingerprint density at radius 2 is 1.79 bits per heavy atom. The fourth-order valence-corrected chi connectivity index (χ4v) is 6.64. The molecule has 1 aromatic carbocycles. The molecule has 1 saturated heterocycles. The molecule has 1 saturated carbocycles. The zero-order chi connectivity index (χ0) is 27.1. The van der Waals surface area contributed by atoms with E-state index in [0.29, 0.717) is 60.4 Å². The highest BCUT2D eigenvalue weighted by Gasteiger charge is 2.31. The number of piperazine rings is 1. The number of halogens is 3. The van der Waals surface area contributed by atoms with Crippen LogP contribution < -0.4 is 9.21 Å². The molecular weight excluding hydrogens is 539 g/mol. The van der Waals surface area contributed by atoms with Gasteiger partial charge in [-0.25, -0.2) is 18.4 Å². The summed E-state index contributed by atoms with van der Waals surface area (Å²) in [4.78, 5) is 25.9. The molecular formula is C25H28F3N5O3S2. The van der Waals surface area contributed by atoms with E-state index in [1.807, 2.05) is 4.90 Å². The number of benzene rings is 1. The molecule has 1 aliphatic heterocycles. The van der Waals surface area contributed by atoms with Crippen LogP contribution >= 0.6 is 11.3 Å². The summed E-state index contributed by atoms with van der Waals surface area (Å²) in [5.74, 6) is 0.958. The number of thiophene rings is 1. The third kappa shape index (κ3) is 6.37. The minimum absolute atomic E-state index is 0.0359. The summed E-state index contributed by atoms with van der Waals surface area (Å²) in [5, 5.41) is 0.599. The van der Waals surface area contributed by atoms with E-state index in [9.17, 15) is 26.4 Å². The van der Waals surface area contributed by atoms with Crippen LogP contribution in [0.25, 0.3) is 10.2 Å². The summed E-state index contributed by atoms with van der Waals surface area (Å²) in [7, 11) is -3.38. The van der Waals surface area contributed by atoms with Gasteiger partial charge < -0.3 is 9.80 Å². The summed E-state index contributed by atoms with van der Waals surface area (Å²) < 4.78 is 64.4. The second-order valence-electron chi connectivity index (χ2n) is 9.87. The average molecular weight is 568 g/mol. The Morgan fingerprint density at radius 1 is 1.11 bits per heavy atom. The quantitative estimate of drug-likeness (QED) is 0.411. The van der Waals surface area contributed by atoms with Gasteiger partial charge in [0.2, 0.25) is 15.9 Å². The van der Waals surface area contributed by atoms with Gasteiger partial charge in [0.05, 0.1) is 30.2 Å². The zero-order valence-corrected chi connectivity index (χ0v) is 22.4. The highest BCUT2D eigenvalue weighted by molar-refractivity contribution is 7.92. The predicted octanol–water partition coefficient (Wildman–Crippen LogP) is 3.86. The minimum atomic E-state index is -4.29. The molecule has 0 spiro atoms. The van der Waals surface area contributed by atoms with Crippen molar-refractivity contribution in [2.24, 2.45) is 5.92 Å². The Balaban J connectivity index is 1.20. The van der Waals surface area contributed by atoms with Crippen LogP contribution in [0.1, 0.15) is 23.3 Å². The largest absolute Gasteiger partial charge is 0.393 e. The normalized spacial score (nSPS) is 16.7. The second-order valence-corrected chi connectivity index (χ2v) is 12.9. The molecule has 1 aliphatic carbocycles. The van der Waals surface area contributed by atoms with E-state index in [1.54, 1.807) is 29.2 Å². The lowest BCUT2D eigenvalue weighted by atomic mass is 10.1. The van der Waals surface area contributed by atoms with Crippen LogP contribution in [0.3, 0.4) is 0 Å². The van der Waals surface area contributed by atoms with Gasteiger partial charge in [0.1, 0.15) is 17.0 Å². The van der Waals surface area contributed by atoms with Gasteiger partial charge in [-0.1, -0.05) is 12.1 Å². The van der Waals surface area contributed by atoms with E-state index >= 15 is 0 Å². The molecule has 2 fully saturated rings. The zero-order valence-electron chi connectivity index (χ0n) is 20.8. The number of nitrogens with zero attached hydrogens (tertiary/aromatic N) is 5. The topological polar surface area (TPSA) is 86.7 Å². The minimum Gasteiger partial charge on any atom is -0.352 e. The molecule has 38 heavy (non-hydrogen) atoms. The van der Waals surface area contributed by atoms with E-state index in [2.05, 4.69) is 9.97 Å². The number of aromatic nitrogens is 2. The summed E-state index contributed by atoms with van der Waals surface area (Å²) in [6.07, 6.45) is -0.430. The number of rotatable bonds is 8. The number of anilines is 2. The third-order valence-corrected chi connectivity index (χ3v) is 8.97. The van der Waals surface area contributed by atoms with E-state index in [4.69, 9.17) is 0 Å². The highest BCUT2D eigenvalue weighted by Crippen LogP contribution is 2.34. The summed E-state index contributed by atoms with van der Waals surface area (Å²) >= 11 is 1.02. The van der Waals surface area contributed by atoms with Crippen molar-refractivity contribution in [1.29, 1.82) is 0 Å². The van der Waals surface area contributed by atoms with Gasteiger partial charge in [0, 0.05) is 37.6 Å². The molecule has 2 aromatic heterocycles. The first kappa shape index (κ1) is 26.7. The van der Waals surface area contributed by atoms with Gasteiger partial charge in [0.15, 0.2) is 0 Å². The van der Waals surface area contributed by atoms with E-state index in [1.165, 1.54) is 23.0 Å². The smallest absolute Gasteiger partial charge is 0.352 e. The molecule has 3 heterocycles. The first-order chi connectivity index (χ1) is 18.0. The van der Waals surface area contributed by atoms with Crippen LogP contribution in [0.2, 0.25) is 0 Å². The monoisotopic (exact) mass is 567 g/mol. The molecule has 3 aromatic rings. The Labute approximate surface area is 223 Å². The standard InChI is InChI=1S/C25H28F3N5O3S2/c1-38(35,36)33(15-18-2-3-18)19-6-4-17(5-7-19)12-22(34)31-8-10-32(11-9-31)23-21-13-20(14-25(26,27)28)37-24(21)30-16-29-23/h4-7,13,16,18H,2-3,8-12,14-15H2,1H3. The van der Waals surface area contributed by atoms with Crippen LogP contribution in [0.15, 0.2) is 36.7 Å². The lowest BCUT2D eigenvalue weighted by Crippen LogP contribution is -2.49. The van der Waals surface area contributed by atoms with Crippen molar-refractivity contribution >= 4 is 49.0 Å². The highest BCUT2D eigenvalue weighted by atomic mass is 32.2. The Bertz CT molecular complexity index is 1410. The van der Waals surface area contributed by atoms with Gasteiger partial charge in [0.25, 0.3) is 0 Å². The Morgan fingerprint density at radius 3 is 2.39 bits per heavy atom. The van der Waals surface area contributed by atoms with E-state index in [-0.39, 0.29) is 17.2 Å². The van der Waals surface area contributed by atoms with Crippen molar-refractivity contribution in [3.05, 3.63) is 47.1 Å². The number of hydrogen-bond acceptors (Lipinski definition) is 7. The first-order valence-electron chi connectivity index (χ1n) is 12.4. The number of hydrogen-bond donors (Lipinski definition) is 0. The van der Waals surface area contributed by atoms with Crippen molar-refractivity contribution in [2.75, 3.05) is 48.2 Å². The van der Waals surface area contributed by atoms with Gasteiger partial charge in [-0.15, -0.1) is 11.3 Å². The first-order valence-corrected chi connectivity index (χ1v) is 15.0. The molecule has 5 rings (SSSR count). The second kappa shape index (κ2) is 10.3.